The van der Waals surface area contributed by atoms with Gasteiger partial charge in [0.1, 0.15) is 12.2 Å². The van der Waals surface area contributed by atoms with Crippen molar-refractivity contribution in [2.75, 3.05) is 26.8 Å². The molecular formula is C12H22N4O. The lowest BCUT2D eigenvalue weighted by molar-refractivity contribution is 0.186. The van der Waals surface area contributed by atoms with E-state index in [-0.39, 0.29) is 0 Å². The maximum absolute atomic E-state index is 5.09. The van der Waals surface area contributed by atoms with Gasteiger partial charge in [0.2, 0.25) is 0 Å². The monoisotopic (exact) mass is 238 g/mol. The quantitative estimate of drug-likeness (QED) is 0.826. The summed E-state index contributed by atoms with van der Waals surface area (Å²) in [6.07, 6.45) is 6.67. The van der Waals surface area contributed by atoms with Crippen molar-refractivity contribution in [3.8, 4) is 0 Å². The van der Waals surface area contributed by atoms with Gasteiger partial charge in [0.05, 0.1) is 6.61 Å². The Kier molecular flexibility index (Phi) is 4.94. The summed E-state index contributed by atoms with van der Waals surface area (Å²) in [5.74, 6) is 1.85. The Morgan fingerprint density at radius 1 is 1.47 bits per heavy atom. The van der Waals surface area contributed by atoms with Crippen LogP contribution in [0, 0.1) is 5.92 Å². The van der Waals surface area contributed by atoms with Crippen molar-refractivity contribution >= 4 is 0 Å². The number of nitrogens with one attached hydrogen (secondary N) is 1. The average molecular weight is 238 g/mol. The average Bonchev–Trinajstić information content (AvgIpc) is 2.61. The smallest absolute Gasteiger partial charge is 0.133 e. The second-order valence-electron chi connectivity index (χ2n) is 4.68. The molecule has 1 N–H and O–H groups in total. The van der Waals surface area contributed by atoms with Gasteiger partial charge in [0.15, 0.2) is 0 Å². The summed E-state index contributed by atoms with van der Waals surface area (Å²) in [6, 6.07) is 0. The third kappa shape index (κ3) is 3.78. The van der Waals surface area contributed by atoms with Crippen LogP contribution in [-0.2, 0) is 17.7 Å². The maximum atomic E-state index is 5.09. The first-order valence-electron chi connectivity index (χ1n) is 6.46. The first kappa shape index (κ1) is 12.5. The Morgan fingerprint density at radius 2 is 2.41 bits per heavy atom. The van der Waals surface area contributed by atoms with E-state index < -0.39 is 0 Å². The number of rotatable bonds is 5. The van der Waals surface area contributed by atoms with Gasteiger partial charge in [-0.3, -0.25) is 0 Å². The van der Waals surface area contributed by atoms with Crippen LogP contribution in [0.2, 0.25) is 0 Å². The summed E-state index contributed by atoms with van der Waals surface area (Å²) < 4.78 is 7.21. The number of aromatic nitrogens is 3. The molecule has 0 spiro atoms. The minimum absolute atomic E-state index is 0.720. The van der Waals surface area contributed by atoms with Crippen molar-refractivity contribution < 1.29 is 4.74 Å². The molecule has 1 unspecified atom stereocenters. The fourth-order valence-corrected chi connectivity index (χ4v) is 2.37. The number of hydrogen-bond acceptors (Lipinski definition) is 4. The van der Waals surface area contributed by atoms with E-state index >= 15 is 0 Å². The van der Waals surface area contributed by atoms with Crippen molar-refractivity contribution in [1.82, 2.24) is 20.1 Å². The van der Waals surface area contributed by atoms with Crippen LogP contribution >= 0.6 is 0 Å². The molecular weight excluding hydrogens is 216 g/mol. The van der Waals surface area contributed by atoms with Crippen LogP contribution in [0.1, 0.15) is 25.1 Å². The van der Waals surface area contributed by atoms with E-state index in [0.29, 0.717) is 0 Å². The maximum Gasteiger partial charge on any atom is 0.133 e. The molecule has 0 aliphatic carbocycles. The third-order valence-electron chi connectivity index (χ3n) is 3.40. The molecule has 2 heterocycles. The van der Waals surface area contributed by atoms with Crippen LogP contribution in [0.3, 0.4) is 0 Å². The van der Waals surface area contributed by atoms with Gasteiger partial charge in [0.25, 0.3) is 0 Å². The van der Waals surface area contributed by atoms with E-state index in [4.69, 9.17) is 4.74 Å². The van der Waals surface area contributed by atoms with Crippen LogP contribution < -0.4 is 5.32 Å². The van der Waals surface area contributed by atoms with Crippen molar-refractivity contribution in [3.63, 3.8) is 0 Å². The van der Waals surface area contributed by atoms with Crippen molar-refractivity contribution in [1.29, 1.82) is 0 Å². The number of ether oxygens (including phenoxy) is 1. The predicted molar refractivity (Wildman–Crippen MR) is 65.8 cm³/mol. The number of nitrogens with zero attached hydrogens (tertiary/aromatic N) is 3. The normalized spacial score (nSPS) is 21.4. The molecule has 1 fully saturated rings. The topological polar surface area (TPSA) is 52.0 Å². The Hall–Kier alpha value is -0.940. The lowest BCUT2D eigenvalue weighted by Gasteiger charge is -2.13. The minimum atomic E-state index is 0.720. The van der Waals surface area contributed by atoms with Gasteiger partial charge in [-0.1, -0.05) is 0 Å². The van der Waals surface area contributed by atoms with Crippen LogP contribution in [0.4, 0.5) is 0 Å². The molecule has 0 aromatic carbocycles. The SMILES string of the molecule is COCCn1cnnc1CC1CCCNCC1. The molecule has 1 aliphatic heterocycles. The van der Waals surface area contributed by atoms with Gasteiger partial charge in [-0.15, -0.1) is 10.2 Å². The molecule has 96 valence electrons. The standard InChI is InChI=1S/C12H22N4O/c1-17-8-7-16-10-14-15-12(16)9-11-3-2-5-13-6-4-11/h10-11,13H,2-9H2,1H3. The van der Waals surface area contributed by atoms with Crippen LogP contribution in [0.25, 0.3) is 0 Å². The molecule has 1 aromatic heterocycles. The van der Waals surface area contributed by atoms with E-state index in [1.165, 1.54) is 19.3 Å². The zero-order valence-electron chi connectivity index (χ0n) is 10.6. The minimum Gasteiger partial charge on any atom is -0.383 e. The summed E-state index contributed by atoms with van der Waals surface area (Å²) in [5.41, 5.74) is 0. The van der Waals surface area contributed by atoms with Gasteiger partial charge in [-0.05, 0) is 38.3 Å². The molecule has 1 atom stereocenters. The van der Waals surface area contributed by atoms with Gasteiger partial charge >= 0.3 is 0 Å². The molecule has 0 saturated carbocycles. The summed E-state index contributed by atoms with van der Waals surface area (Å²) in [6.45, 7) is 3.87. The molecule has 0 bridgehead atoms. The van der Waals surface area contributed by atoms with Gasteiger partial charge < -0.3 is 14.6 Å². The fourth-order valence-electron chi connectivity index (χ4n) is 2.37. The van der Waals surface area contributed by atoms with Gasteiger partial charge in [-0.25, -0.2) is 0 Å². The lowest BCUT2D eigenvalue weighted by atomic mass is 9.96. The molecule has 2 rings (SSSR count). The van der Waals surface area contributed by atoms with E-state index in [1.54, 1.807) is 7.11 Å². The lowest BCUT2D eigenvalue weighted by Crippen LogP contribution is -2.16. The predicted octanol–water partition coefficient (Wildman–Crippen LogP) is 0.857. The zero-order valence-corrected chi connectivity index (χ0v) is 10.6. The Morgan fingerprint density at radius 3 is 3.29 bits per heavy atom. The van der Waals surface area contributed by atoms with Crippen LogP contribution in [-0.4, -0.2) is 41.6 Å². The summed E-state index contributed by atoms with van der Waals surface area (Å²) in [4.78, 5) is 0. The summed E-state index contributed by atoms with van der Waals surface area (Å²) in [7, 11) is 1.72. The highest BCUT2D eigenvalue weighted by Crippen LogP contribution is 2.18. The van der Waals surface area contributed by atoms with Crippen LogP contribution in [0.5, 0.6) is 0 Å². The van der Waals surface area contributed by atoms with E-state index in [0.717, 1.165) is 44.4 Å². The van der Waals surface area contributed by atoms with E-state index in [9.17, 15) is 0 Å². The van der Waals surface area contributed by atoms with E-state index in [1.807, 2.05) is 6.33 Å². The molecule has 17 heavy (non-hydrogen) atoms. The summed E-state index contributed by atoms with van der Waals surface area (Å²) in [5, 5.41) is 11.7. The molecule has 1 saturated heterocycles. The first-order chi connectivity index (χ1) is 8.40. The van der Waals surface area contributed by atoms with Crippen molar-refractivity contribution in [2.24, 2.45) is 5.92 Å². The first-order valence-corrected chi connectivity index (χ1v) is 6.46. The Bertz CT molecular complexity index is 318. The molecule has 0 amide bonds. The fraction of sp³-hybridized carbons (Fsp3) is 0.833. The second kappa shape index (κ2) is 6.71. The van der Waals surface area contributed by atoms with Gasteiger partial charge in [0, 0.05) is 20.1 Å². The van der Waals surface area contributed by atoms with E-state index in [2.05, 4.69) is 20.1 Å². The molecule has 5 heteroatoms. The highest BCUT2D eigenvalue weighted by molar-refractivity contribution is 4.89. The molecule has 5 nitrogen and oxygen atoms in total. The highest BCUT2D eigenvalue weighted by atomic mass is 16.5. The van der Waals surface area contributed by atoms with Crippen LogP contribution in [0.15, 0.2) is 6.33 Å². The Labute approximate surface area is 103 Å². The number of methoxy groups -OCH3 is 1. The van der Waals surface area contributed by atoms with Crippen molar-refractivity contribution in [2.45, 2.75) is 32.2 Å². The largest absolute Gasteiger partial charge is 0.383 e. The van der Waals surface area contributed by atoms with Crippen molar-refractivity contribution in [3.05, 3.63) is 12.2 Å². The molecule has 1 aliphatic rings. The highest BCUT2D eigenvalue weighted by Gasteiger charge is 2.15. The Balaban J connectivity index is 1.90. The number of hydrogen-bond donors (Lipinski definition) is 1. The third-order valence-corrected chi connectivity index (χ3v) is 3.40. The second-order valence-corrected chi connectivity index (χ2v) is 4.68. The molecule has 0 radical (unpaired) electrons. The molecule has 1 aromatic rings. The van der Waals surface area contributed by atoms with Gasteiger partial charge in [-0.2, -0.15) is 0 Å². The summed E-state index contributed by atoms with van der Waals surface area (Å²) >= 11 is 0. The zero-order chi connectivity index (χ0) is 11.9.